The number of hydrogen-bond acceptors (Lipinski definition) is 3. The van der Waals surface area contributed by atoms with Gasteiger partial charge in [0.2, 0.25) is 0 Å². The molecule has 0 bridgehead atoms. The van der Waals surface area contributed by atoms with Gasteiger partial charge < -0.3 is 10.1 Å². The van der Waals surface area contributed by atoms with Gasteiger partial charge in [-0.25, -0.2) is 0 Å². The highest BCUT2D eigenvalue weighted by Gasteiger charge is 2.19. The predicted molar refractivity (Wildman–Crippen MR) is 88.8 cm³/mol. The number of nitrogens with zero attached hydrogens (tertiary/aromatic N) is 1. The average molecular weight is 290 g/mol. The molecule has 1 N–H and O–H groups in total. The summed E-state index contributed by atoms with van der Waals surface area (Å²) in [6.07, 6.45) is 6.94. The third-order valence-corrected chi connectivity index (χ3v) is 4.47. The van der Waals surface area contributed by atoms with Crippen LogP contribution in [0.15, 0.2) is 24.3 Å². The Morgan fingerprint density at radius 3 is 2.67 bits per heavy atom. The summed E-state index contributed by atoms with van der Waals surface area (Å²) in [5.41, 5.74) is 1.24. The van der Waals surface area contributed by atoms with Crippen LogP contribution in [0.2, 0.25) is 0 Å². The van der Waals surface area contributed by atoms with E-state index in [1.807, 2.05) is 13.1 Å². The number of hydrogen-bond donors (Lipinski definition) is 1. The van der Waals surface area contributed by atoms with Gasteiger partial charge in [-0.2, -0.15) is 0 Å². The summed E-state index contributed by atoms with van der Waals surface area (Å²) in [4.78, 5) is 2.60. The first-order valence-corrected chi connectivity index (χ1v) is 8.44. The van der Waals surface area contributed by atoms with Gasteiger partial charge >= 0.3 is 0 Å². The zero-order chi connectivity index (χ0) is 14.9. The highest BCUT2D eigenvalue weighted by atomic mass is 16.5. The lowest BCUT2D eigenvalue weighted by molar-refractivity contribution is 0.136. The normalized spacial score (nSPS) is 16.3. The second kappa shape index (κ2) is 9.06. The first kappa shape index (κ1) is 16.3. The maximum atomic E-state index is 6.03. The van der Waals surface area contributed by atoms with Crippen molar-refractivity contribution < 1.29 is 4.74 Å². The van der Waals surface area contributed by atoms with Crippen molar-refractivity contribution in [2.24, 2.45) is 0 Å². The largest absolute Gasteiger partial charge is 0.492 e. The maximum Gasteiger partial charge on any atom is 0.123 e. The van der Waals surface area contributed by atoms with Gasteiger partial charge in [-0.3, -0.25) is 4.90 Å². The van der Waals surface area contributed by atoms with E-state index in [1.165, 1.54) is 37.7 Å². The fourth-order valence-electron chi connectivity index (χ4n) is 3.30. The molecule has 1 aromatic rings. The third kappa shape index (κ3) is 5.01. The Balaban J connectivity index is 1.82. The Hall–Kier alpha value is -1.06. The second-order valence-corrected chi connectivity index (χ2v) is 5.91. The van der Waals surface area contributed by atoms with Gasteiger partial charge in [-0.1, -0.05) is 44.4 Å². The van der Waals surface area contributed by atoms with Gasteiger partial charge in [-0.05, 0) is 32.5 Å². The van der Waals surface area contributed by atoms with Crippen molar-refractivity contribution in [3.8, 4) is 5.75 Å². The molecular formula is C18H30N2O. The zero-order valence-corrected chi connectivity index (χ0v) is 13.6. The zero-order valence-electron chi connectivity index (χ0n) is 13.6. The van der Waals surface area contributed by atoms with E-state index < -0.39 is 0 Å². The fraction of sp³-hybridized carbons (Fsp3) is 0.667. The van der Waals surface area contributed by atoms with Crippen molar-refractivity contribution in [2.45, 2.75) is 51.6 Å². The lowest BCUT2D eigenvalue weighted by Crippen LogP contribution is -2.39. The summed E-state index contributed by atoms with van der Waals surface area (Å²) in [6, 6.07) is 9.10. The Morgan fingerprint density at radius 2 is 1.95 bits per heavy atom. The average Bonchev–Trinajstić information content (AvgIpc) is 2.54. The Kier molecular flexibility index (Phi) is 7.04. The molecule has 1 aliphatic carbocycles. The lowest BCUT2D eigenvalue weighted by atomic mass is 9.94. The minimum absolute atomic E-state index is 0.778. The fourth-order valence-corrected chi connectivity index (χ4v) is 3.30. The lowest BCUT2D eigenvalue weighted by Gasteiger charge is -2.33. The van der Waals surface area contributed by atoms with E-state index >= 15 is 0 Å². The van der Waals surface area contributed by atoms with E-state index in [1.54, 1.807) is 0 Å². The van der Waals surface area contributed by atoms with Gasteiger partial charge in [0.05, 0.1) is 0 Å². The molecule has 0 saturated heterocycles. The van der Waals surface area contributed by atoms with E-state index in [9.17, 15) is 0 Å². The van der Waals surface area contributed by atoms with Gasteiger partial charge in [0.1, 0.15) is 12.4 Å². The van der Waals surface area contributed by atoms with Crippen LogP contribution in [0, 0.1) is 0 Å². The Morgan fingerprint density at radius 1 is 1.19 bits per heavy atom. The summed E-state index contributed by atoms with van der Waals surface area (Å²) in [5, 5.41) is 3.20. The van der Waals surface area contributed by atoms with E-state index in [4.69, 9.17) is 4.74 Å². The molecule has 0 aromatic heterocycles. The molecule has 0 heterocycles. The van der Waals surface area contributed by atoms with Crippen molar-refractivity contribution in [3.05, 3.63) is 29.8 Å². The van der Waals surface area contributed by atoms with Gasteiger partial charge in [-0.15, -0.1) is 0 Å². The molecule has 0 spiro atoms. The van der Waals surface area contributed by atoms with Crippen LogP contribution in [0.1, 0.15) is 44.6 Å². The smallest absolute Gasteiger partial charge is 0.123 e. The van der Waals surface area contributed by atoms with Crippen LogP contribution in [0.5, 0.6) is 5.75 Å². The summed E-state index contributed by atoms with van der Waals surface area (Å²) in [6.45, 7) is 6.08. The minimum Gasteiger partial charge on any atom is -0.492 e. The molecule has 1 aliphatic rings. The van der Waals surface area contributed by atoms with E-state index in [0.29, 0.717) is 0 Å². The molecule has 2 rings (SSSR count). The van der Waals surface area contributed by atoms with E-state index in [-0.39, 0.29) is 0 Å². The number of benzene rings is 1. The minimum atomic E-state index is 0.778. The topological polar surface area (TPSA) is 24.5 Å². The van der Waals surface area contributed by atoms with Crippen molar-refractivity contribution in [2.75, 3.05) is 26.7 Å². The number of para-hydroxylation sites is 1. The number of nitrogens with one attached hydrogen (secondary N) is 1. The Bertz CT molecular complexity index is 402. The van der Waals surface area contributed by atoms with E-state index in [2.05, 4.69) is 35.3 Å². The molecular weight excluding hydrogens is 260 g/mol. The molecule has 1 aromatic carbocycles. The molecule has 1 saturated carbocycles. The molecule has 118 valence electrons. The monoisotopic (exact) mass is 290 g/mol. The number of likely N-dealkylation sites (N-methyl/N-ethyl adjacent to an activating group) is 1. The molecule has 0 amide bonds. The Labute approximate surface area is 129 Å². The summed E-state index contributed by atoms with van der Waals surface area (Å²) >= 11 is 0. The van der Waals surface area contributed by atoms with Gasteiger partial charge in [0, 0.05) is 24.7 Å². The van der Waals surface area contributed by atoms with Crippen molar-refractivity contribution >= 4 is 0 Å². The SMILES string of the molecule is CCN(CCOc1ccccc1CNC)C1CCCCC1. The van der Waals surface area contributed by atoms with Crippen molar-refractivity contribution in [1.29, 1.82) is 0 Å². The van der Waals surface area contributed by atoms with Crippen LogP contribution in [0.25, 0.3) is 0 Å². The van der Waals surface area contributed by atoms with E-state index in [0.717, 1.165) is 38.0 Å². The van der Waals surface area contributed by atoms with Crippen LogP contribution in [0.4, 0.5) is 0 Å². The maximum absolute atomic E-state index is 6.03. The standard InChI is InChI=1S/C18H30N2O/c1-3-20(17-10-5-4-6-11-17)13-14-21-18-12-8-7-9-16(18)15-19-2/h7-9,12,17,19H,3-6,10-11,13-15H2,1-2H3. The summed E-state index contributed by atoms with van der Waals surface area (Å²) in [7, 11) is 1.97. The summed E-state index contributed by atoms with van der Waals surface area (Å²) in [5.74, 6) is 1.02. The van der Waals surface area contributed by atoms with Crippen LogP contribution >= 0.6 is 0 Å². The van der Waals surface area contributed by atoms with Crippen LogP contribution < -0.4 is 10.1 Å². The van der Waals surface area contributed by atoms with Crippen LogP contribution in [-0.2, 0) is 6.54 Å². The van der Waals surface area contributed by atoms with Gasteiger partial charge in [0.25, 0.3) is 0 Å². The first-order chi connectivity index (χ1) is 10.3. The second-order valence-electron chi connectivity index (χ2n) is 5.91. The van der Waals surface area contributed by atoms with Gasteiger partial charge in [0.15, 0.2) is 0 Å². The van der Waals surface area contributed by atoms with Crippen molar-refractivity contribution in [3.63, 3.8) is 0 Å². The molecule has 1 fully saturated rings. The molecule has 0 radical (unpaired) electrons. The predicted octanol–water partition coefficient (Wildman–Crippen LogP) is 3.44. The highest BCUT2D eigenvalue weighted by Crippen LogP contribution is 2.22. The summed E-state index contributed by atoms with van der Waals surface area (Å²) < 4.78 is 6.03. The molecule has 3 heteroatoms. The quantitative estimate of drug-likeness (QED) is 0.794. The molecule has 21 heavy (non-hydrogen) atoms. The number of ether oxygens (including phenoxy) is 1. The molecule has 0 aliphatic heterocycles. The molecule has 0 atom stereocenters. The third-order valence-electron chi connectivity index (χ3n) is 4.47. The highest BCUT2D eigenvalue weighted by molar-refractivity contribution is 5.33. The van der Waals surface area contributed by atoms with Crippen molar-refractivity contribution in [1.82, 2.24) is 10.2 Å². The number of rotatable bonds is 8. The first-order valence-electron chi connectivity index (χ1n) is 8.44. The van der Waals surface area contributed by atoms with Crippen LogP contribution in [0.3, 0.4) is 0 Å². The van der Waals surface area contributed by atoms with Crippen LogP contribution in [-0.4, -0.2) is 37.7 Å². The molecule has 3 nitrogen and oxygen atoms in total. The molecule has 0 unspecified atom stereocenters.